The van der Waals surface area contributed by atoms with Gasteiger partial charge in [0.2, 0.25) is 0 Å². The second kappa shape index (κ2) is 57.2. The summed E-state index contributed by atoms with van der Waals surface area (Å²) in [4.78, 5) is 0. The Kier molecular flexibility index (Phi) is 63.5. The first kappa shape index (κ1) is 55.6. The molecule has 0 aromatic carbocycles. The number of ether oxygens (including phenoxy) is 11. The molecule has 0 saturated carbocycles. The topological polar surface area (TPSA) is 177 Å². The van der Waals surface area contributed by atoms with Crippen LogP contribution in [-0.4, -0.2) is 169 Å². The maximum atomic E-state index is 8.82. The summed E-state index contributed by atoms with van der Waals surface area (Å²) >= 11 is 0. The predicted molar refractivity (Wildman–Crippen MR) is 198 cm³/mol. The monoisotopic (exact) mass is 734 g/mol. The van der Waals surface area contributed by atoms with E-state index < -0.39 is 0 Å². The van der Waals surface area contributed by atoms with Crippen molar-refractivity contribution in [3.8, 4) is 0 Å². The standard InChI is InChI=1S/C29H61N3O12.3C2H6/c1-2-3-5-34-7-9-36-11-13-38-15-17-40-19-21-42-23-25-44-26-24-43-22-20-41-18-16-39-14-12-37-10-8-35-6-4-32(31)27-29(30)28-33;3*1-2/h27,33H,2-26,28,30-31H2,1H3;3*1-2H3/b29-27-;;;. The first-order valence-electron chi connectivity index (χ1n) is 18.6. The van der Waals surface area contributed by atoms with Crippen LogP contribution in [-0.2, 0) is 52.1 Å². The summed E-state index contributed by atoms with van der Waals surface area (Å²) < 4.78 is 59.9. The van der Waals surface area contributed by atoms with Crippen molar-refractivity contribution in [2.75, 3.05) is 159 Å². The smallest absolute Gasteiger partial charge is 0.0840 e. The van der Waals surface area contributed by atoms with Gasteiger partial charge in [-0.15, -0.1) is 0 Å². The molecule has 0 aromatic heterocycles. The van der Waals surface area contributed by atoms with E-state index in [9.17, 15) is 0 Å². The van der Waals surface area contributed by atoms with Crippen molar-refractivity contribution in [3.05, 3.63) is 11.9 Å². The van der Waals surface area contributed by atoms with E-state index in [-0.39, 0.29) is 6.61 Å². The molecular formula is C35H79N3O12. The minimum Gasteiger partial charge on any atom is -0.399 e. The van der Waals surface area contributed by atoms with Crippen molar-refractivity contribution in [2.24, 2.45) is 11.6 Å². The summed E-state index contributed by atoms with van der Waals surface area (Å²) in [6.07, 6.45) is 3.70. The highest BCUT2D eigenvalue weighted by molar-refractivity contribution is 4.94. The lowest BCUT2D eigenvalue weighted by atomic mass is 10.4. The largest absolute Gasteiger partial charge is 0.399 e. The Morgan fingerprint density at radius 2 is 0.660 bits per heavy atom. The zero-order chi connectivity index (χ0) is 38.0. The van der Waals surface area contributed by atoms with Gasteiger partial charge in [0, 0.05) is 12.8 Å². The molecule has 0 aliphatic heterocycles. The molecule has 0 radical (unpaired) electrons. The first-order valence-corrected chi connectivity index (χ1v) is 18.6. The lowest BCUT2D eigenvalue weighted by molar-refractivity contribution is -0.0276. The van der Waals surface area contributed by atoms with Gasteiger partial charge in [-0.05, 0) is 6.42 Å². The van der Waals surface area contributed by atoms with Crippen molar-refractivity contribution in [1.29, 1.82) is 0 Å². The molecule has 0 aliphatic rings. The van der Waals surface area contributed by atoms with Gasteiger partial charge < -0.3 is 68.0 Å². The summed E-state index contributed by atoms with van der Waals surface area (Å²) in [5, 5.41) is 10.2. The van der Waals surface area contributed by atoms with Gasteiger partial charge in [-0.25, -0.2) is 5.84 Å². The van der Waals surface area contributed by atoms with Crippen molar-refractivity contribution in [1.82, 2.24) is 5.01 Å². The van der Waals surface area contributed by atoms with Crippen LogP contribution in [0.1, 0.15) is 61.3 Å². The Hall–Kier alpha value is -1.18. The number of aliphatic hydroxyl groups is 1. The number of rotatable bonds is 38. The average Bonchev–Trinajstić information content (AvgIpc) is 3.15. The molecule has 0 saturated heterocycles. The number of nitrogens with zero attached hydrogens (tertiary/aromatic N) is 1. The summed E-state index contributed by atoms with van der Waals surface area (Å²) in [5.41, 5.74) is 5.77. The summed E-state index contributed by atoms with van der Waals surface area (Å²) in [5.74, 6) is 5.67. The third-order valence-electron chi connectivity index (χ3n) is 5.37. The van der Waals surface area contributed by atoms with Crippen LogP contribution in [0.5, 0.6) is 0 Å². The summed E-state index contributed by atoms with van der Waals surface area (Å²) in [6, 6.07) is 0. The lowest BCUT2D eigenvalue weighted by Crippen LogP contribution is -2.30. The number of nitrogens with two attached hydrogens (primary N) is 2. The van der Waals surface area contributed by atoms with Crippen molar-refractivity contribution in [2.45, 2.75) is 61.3 Å². The highest BCUT2D eigenvalue weighted by atomic mass is 16.6. The van der Waals surface area contributed by atoms with Gasteiger partial charge in [0.1, 0.15) is 0 Å². The minimum atomic E-state index is -0.233. The van der Waals surface area contributed by atoms with Gasteiger partial charge in [-0.1, -0.05) is 54.9 Å². The maximum Gasteiger partial charge on any atom is 0.0840 e. The highest BCUT2D eigenvalue weighted by Crippen LogP contribution is 1.90. The highest BCUT2D eigenvalue weighted by Gasteiger charge is 1.98. The van der Waals surface area contributed by atoms with E-state index in [2.05, 4.69) is 6.92 Å². The molecular weight excluding hydrogens is 654 g/mol. The molecule has 0 fully saturated rings. The van der Waals surface area contributed by atoms with Crippen LogP contribution < -0.4 is 11.6 Å². The van der Waals surface area contributed by atoms with E-state index in [0.717, 1.165) is 19.4 Å². The lowest BCUT2D eigenvalue weighted by Gasteiger charge is -2.14. The molecule has 15 nitrogen and oxygen atoms in total. The predicted octanol–water partition coefficient (Wildman–Crippen LogP) is 3.02. The van der Waals surface area contributed by atoms with Gasteiger partial charge in [-0.2, -0.15) is 0 Å². The van der Waals surface area contributed by atoms with Crippen LogP contribution in [0.3, 0.4) is 0 Å². The molecule has 0 unspecified atom stereocenters. The first-order chi connectivity index (χ1) is 24.7. The molecule has 0 aromatic rings. The van der Waals surface area contributed by atoms with Crippen LogP contribution in [0.2, 0.25) is 0 Å². The molecule has 0 spiro atoms. The molecule has 0 amide bonds. The quantitative estimate of drug-likeness (QED) is 0.0479. The fourth-order valence-corrected chi connectivity index (χ4v) is 3.04. The van der Waals surface area contributed by atoms with Gasteiger partial charge in [0.25, 0.3) is 0 Å². The van der Waals surface area contributed by atoms with Gasteiger partial charge in [0.15, 0.2) is 0 Å². The molecule has 0 aliphatic carbocycles. The Bertz CT molecular complexity index is 585. The zero-order valence-corrected chi connectivity index (χ0v) is 33.0. The third kappa shape index (κ3) is 56.2. The molecule has 5 N–H and O–H groups in total. The van der Waals surface area contributed by atoms with Gasteiger partial charge in [0.05, 0.1) is 158 Å². The Morgan fingerprint density at radius 3 is 0.880 bits per heavy atom. The average molecular weight is 734 g/mol. The normalized spacial score (nSPS) is 10.9. The molecule has 306 valence electrons. The molecule has 0 rings (SSSR count). The molecule has 0 bridgehead atoms. The van der Waals surface area contributed by atoms with E-state index in [1.165, 1.54) is 11.2 Å². The molecule has 50 heavy (non-hydrogen) atoms. The number of unbranched alkanes of at least 4 members (excludes halogenated alkanes) is 1. The molecule has 15 heteroatoms. The number of hydrogen-bond donors (Lipinski definition) is 3. The second-order valence-electron chi connectivity index (χ2n) is 9.19. The fourth-order valence-electron chi connectivity index (χ4n) is 3.04. The van der Waals surface area contributed by atoms with Gasteiger partial charge in [-0.3, -0.25) is 0 Å². The van der Waals surface area contributed by atoms with E-state index in [1.54, 1.807) is 0 Å². The Balaban J connectivity index is -0.00000166. The van der Waals surface area contributed by atoms with Gasteiger partial charge >= 0.3 is 0 Å². The minimum absolute atomic E-state index is 0.233. The third-order valence-corrected chi connectivity index (χ3v) is 5.37. The number of aliphatic hydroxyl groups excluding tert-OH is 1. The van der Waals surface area contributed by atoms with Crippen LogP contribution in [0.25, 0.3) is 0 Å². The SMILES string of the molecule is CC.CC.CC.CCCCOCCOCCOCCOCCOCCOCCOCCOCCOCCOCCOCCN(N)/C=C(\N)CO. The van der Waals surface area contributed by atoms with Crippen LogP contribution in [0.15, 0.2) is 11.9 Å². The summed E-state index contributed by atoms with van der Waals surface area (Å²) in [7, 11) is 0. The van der Waals surface area contributed by atoms with Crippen molar-refractivity contribution >= 4 is 0 Å². The molecule has 0 heterocycles. The molecule has 0 atom stereocenters. The second-order valence-corrected chi connectivity index (χ2v) is 9.19. The van der Waals surface area contributed by atoms with Crippen LogP contribution in [0, 0.1) is 0 Å². The van der Waals surface area contributed by atoms with E-state index in [1.807, 2.05) is 41.5 Å². The van der Waals surface area contributed by atoms with Crippen molar-refractivity contribution in [3.63, 3.8) is 0 Å². The van der Waals surface area contributed by atoms with E-state index in [0.29, 0.717) is 151 Å². The number of hydrazine groups is 1. The van der Waals surface area contributed by atoms with E-state index >= 15 is 0 Å². The van der Waals surface area contributed by atoms with Crippen LogP contribution >= 0.6 is 0 Å². The van der Waals surface area contributed by atoms with Crippen molar-refractivity contribution < 1.29 is 57.2 Å². The Morgan fingerprint density at radius 1 is 0.440 bits per heavy atom. The Labute approximate surface area is 305 Å². The van der Waals surface area contributed by atoms with E-state index in [4.69, 9.17) is 68.8 Å². The number of hydrogen-bond acceptors (Lipinski definition) is 15. The zero-order valence-electron chi connectivity index (χ0n) is 33.0. The maximum absolute atomic E-state index is 8.82. The van der Waals surface area contributed by atoms with Crippen LogP contribution in [0.4, 0.5) is 0 Å². The summed E-state index contributed by atoms with van der Waals surface area (Å²) in [6.45, 7) is 25.9. The fraction of sp³-hybridized carbons (Fsp3) is 0.943.